The third-order valence-electron chi connectivity index (χ3n) is 4.39. The minimum Gasteiger partial charge on any atom is -0.480 e. The number of rotatable bonds is 7. The standard InChI is InChI=1S/C17H24N2O4S/c20-14(6-5-10-18-15(21)13-7-11-24-12-13)19-17(16(22)23)8-3-1-2-4-9-17/h7,11-12H,1-6,8-10H2,(H,18,21)(H,19,20)(H,22,23). The largest absolute Gasteiger partial charge is 0.480 e. The molecule has 7 heteroatoms. The fourth-order valence-electron chi connectivity index (χ4n) is 3.00. The number of carbonyl (C=O) groups excluding carboxylic acids is 2. The Hall–Kier alpha value is -1.89. The molecule has 2 rings (SSSR count). The summed E-state index contributed by atoms with van der Waals surface area (Å²) in [4.78, 5) is 35.5. The van der Waals surface area contributed by atoms with Crippen molar-refractivity contribution in [3.8, 4) is 0 Å². The number of carbonyl (C=O) groups is 3. The van der Waals surface area contributed by atoms with Crippen LogP contribution in [0.5, 0.6) is 0 Å². The van der Waals surface area contributed by atoms with Gasteiger partial charge in [-0.3, -0.25) is 9.59 Å². The highest BCUT2D eigenvalue weighted by Gasteiger charge is 2.39. The van der Waals surface area contributed by atoms with Gasteiger partial charge >= 0.3 is 5.97 Å². The highest BCUT2D eigenvalue weighted by atomic mass is 32.1. The van der Waals surface area contributed by atoms with Gasteiger partial charge in [0.2, 0.25) is 5.91 Å². The second-order valence-electron chi connectivity index (χ2n) is 6.22. The van der Waals surface area contributed by atoms with E-state index in [0.717, 1.165) is 25.7 Å². The van der Waals surface area contributed by atoms with E-state index in [2.05, 4.69) is 10.6 Å². The fourth-order valence-corrected chi connectivity index (χ4v) is 3.64. The molecular formula is C17H24N2O4S. The van der Waals surface area contributed by atoms with Gasteiger partial charge in [0.1, 0.15) is 5.54 Å². The van der Waals surface area contributed by atoms with E-state index in [0.29, 0.717) is 31.4 Å². The monoisotopic (exact) mass is 352 g/mol. The van der Waals surface area contributed by atoms with Gasteiger partial charge in [0.15, 0.2) is 0 Å². The van der Waals surface area contributed by atoms with Crippen molar-refractivity contribution in [2.45, 2.75) is 56.9 Å². The zero-order valence-electron chi connectivity index (χ0n) is 13.7. The Morgan fingerprint density at radius 2 is 1.88 bits per heavy atom. The van der Waals surface area contributed by atoms with E-state index in [1.54, 1.807) is 11.4 Å². The Morgan fingerprint density at radius 1 is 1.17 bits per heavy atom. The van der Waals surface area contributed by atoms with Crippen LogP contribution >= 0.6 is 11.3 Å². The molecule has 0 atom stereocenters. The molecule has 3 N–H and O–H groups in total. The first-order valence-corrected chi connectivity index (χ1v) is 9.33. The zero-order valence-corrected chi connectivity index (χ0v) is 14.5. The number of thiophene rings is 1. The van der Waals surface area contributed by atoms with Crippen LogP contribution in [-0.2, 0) is 9.59 Å². The number of hydrogen-bond donors (Lipinski definition) is 3. The van der Waals surface area contributed by atoms with Crippen molar-refractivity contribution in [2.75, 3.05) is 6.54 Å². The molecule has 24 heavy (non-hydrogen) atoms. The molecule has 1 aromatic heterocycles. The van der Waals surface area contributed by atoms with Gasteiger partial charge < -0.3 is 15.7 Å². The van der Waals surface area contributed by atoms with Crippen LogP contribution in [0, 0.1) is 0 Å². The van der Waals surface area contributed by atoms with Crippen molar-refractivity contribution in [2.24, 2.45) is 0 Å². The van der Waals surface area contributed by atoms with Gasteiger partial charge in [-0.05, 0) is 30.7 Å². The summed E-state index contributed by atoms with van der Waals surface area (Å²) in [6, 6.07) is 1.75. The molecule has 1 aliphatic carbocycles. The summed E-state index contributed by atoms with van der Waals surface area (Å²) in [5, 5.41) is 18.6. The lowest BCUT2D eigenvalue weighted by atomic mass is 9.90. The Bertz CT molecular complexity index is 563. The van der Waals surface area contributed by atoms with Crippen molar-refractivity contribution in [1.82, 2.24) is 10.6 Å². The molecule has 132 valence electrons. The summed E-state index contributed by atoms with van der Waals surface area (Å²) in [5.74, 6) is -1.35. The molecule has 2 amide bonds. The summed E-state index contributed by atoms with van der Waals surface area (Å²) in [5.41, 5.74) is -0.499. The summed E-state index contributed by atoms with van der Waals surface area (Å²) < 4.78 is 0. The maximum Gasteiger partial charge on any atom is 0.329 e. The topological polar surface area (TPSA) is 95.5 Å². The van der Waals surface area contributed by atoms with Crippen LogP contribution in [0.1, 0.15) is 61.7 Å². The van der Waals surface area contributed by atoms with Gasteiger partial charge in [-0.1, -0.05) is 25.7 Å². The number of nitrogens with one attached hydrogen (secondary N) is 2. The van der Waals surface area contributed by atoms with Gasteiger partial charge in [0.05, 0.1) is 0 Å². The maximum absolute atomic E-state index is 12.1. The van der Waals surface area contributed by atoms with Crippen LogP contribution in [0.2, 0.25) is 0 Å². The van der Waals surface area contributed by atoms with E-state index < -0.39 is 11.5 Å². The molecule has 1 aliphatic rings. The van der Waals surface area contributed by atoms with Gasteiger partial charge in [-0.15, -0.1) is 0 Å². The maximum atomic E-state index is 12.1. The Balaban J connectivity index is 1.75. The van der Waals surface area contributed by atoms with Gasteiger partial charge in [-0.2, -0.15) is 11.3 Å². The molecular weight excluding hydrogens is 328 g/mol. The van der Waals surface area contributed by atoms with E-state index in [-0.39, 0.29) is 18.2 Å². The summed E-state index contributed by atoms with van der Waals surface area (Å²) >= 11 is 1.45. The van der Waals surface area contributed by atoms with Crippen LogP contribution in [0.3, 0.4) is 0 Å². The molecule has 1 saturated carbocycles. The average molecular weight is 352 g/mol. The molecule has 0 unspecified atom stereocenters. The first-order chi connectivity index (χ1) is 11.5. The second kappa shape index (κ2) is 8.82. The van der Waals surface area contributed by atoms with Crippen molar-refractivity contribution in [1.29, 1.82) is 0 Å². The minimum atomic E-state index is -1.12. The lowest BCUT2D eigenvalue weighted by molar-refractivity contribution is -0.148. The molecule has 0 radical (unpaired) electrons. The number of amides is 2. The minimum absolute atomic E-state index is 0.151. The number of carboxylic acids is 1. The molecule has 0 bridgehead atoms. The van der Waals surface area contributed by atoms with Gasteiger partial charge in [0, 0.05) is 23.9 Å². The molecule has 1 heterocycles. The smallest absolute Gasteiger partial charge is 0.329 e. The van der Waals surface area contributed by atoms with E-state index in [9.17, 15) is 19.5 Å². The van der Waals surface area contributed by atoms with E-state index >= 15 is 0 Å². The highest BCUT2D eigenvalue weighted by molar-refractivity contribution is 7.08. The first-order valence-electron chi connectivity index (χ1n) is 8.38. The molecule has 0 saturated heterocycles. The lowest BCUT2D eigenvalue weighted by Gasteiger charge is -2.29. The van der Waals surface area contributed by atoms with Crippen LogP contribution < -0.4 is 10.6 Å². The van der Waals surface area contributed by atoms with Crippen LogP contribution in [0.15, 0.2) is 16.8 Å². The third-order valence-corrected chi connectivity index (χ3v) is 5.08. The molecule has 1 aromatic rings. The molecule has 0 aromatic carbocycles. The van der Waals surface area contributed by atoms with Crippen molar-refractivity contribution >= 4 is 29.1 Å². The molecule has 0 aliphatic heterocycles. The van der Waals surface area contributed by atoms with E-state index in [4.69, 9.17) is 0 Å². The van der Waals surface area contributed by atoms with Crippen LogP contribution in [0.4, 0.5) is 0 Å². The fraction of sp³-hybridized carbons (Fsp3) is 0.588. The quantitative estimate of drug-likeness (QED) is 0.519. The molecule has 6 nitrogen and oxygen atoms in total. The summed E-state index contributed by atoms with van der Waals surface area (Å²) in [6.45, 7) is 0.391. The molecule has 1 fully saturated rings. The van der Waals surface area contributed by atoms with E-state index in [1.807, 2.05) is 5.38 Å². The SMILES string of the molecule is O=C(CCCNC(=O)c1ccsc1)NC1(C(=O)O)CCCCCC1. The van der Waals surface area contributed by atoms with Crippen LogP contribution in [0.25, 0.3) is 0 Å². The average Bonchev–Trinajstić information content (AvgIpc) is 2.98. The lowest BCUT2D eigenvalue weighted by Crippen LogP contribution is -2.54. The number of carboxylic acid groups (broad SMARTS) is 1. The van der Waals surface area contributed by atoms with Crippen molar-refractivity contribution in [3.05, 3.63) is 22.4 Å². The zero-order chi connectivity index (χ0) is 17.4. The van der Waals surface area contributed by atoms with Crippen LogP contribution in [-0.4, -0.2) is 35.0 Å². The summed E-state index contributed by atoms with van der Waals surface area (Å²) in [7, 11) is 0. The molecule has 0 spiro atoms. The predicted octanol–water partition coefficient (Wildman–Crippen LogP) is 2.55. The third kappa shape index (κ3) is 5.06. The Morgan fingerprint density at radius 3 is 2.46 bits per heavy atom. The van der Waals surface area contributed by atoms with Crippen molar-refractivity contribution in [3.63, 3.8) is 0 Å². The Kier molecular flexibility index (Phi) is 6.78. The normalized spacial score (nSPS) is 16.8. The van der Waals surface area contributed by atoms with E-state index in [1.165, 1.54) is 11.3 Å². The number of aliphatic carboxylic acids is 1. The highest BCUT2D eigenvalue weighted by Crippen LogP contribution is 2.27. The van der Waals surface area contributed by atoms with Gasteiger partial charge in [0.25, 0.3) is 5.91 Å². The van der Waals surface area contributed by atoms with Crippen molar-refractivity contribution < 1.29 is 19.5 Å². The predicted molar refractivity (Wildman–Crippen MR) is 92.1 cm³/mol. The first kappa shape index (κ1) is 18.4. The Labute approximate surface area is 145 Å². The summed E-state index contributed by atoms with van der Waals surface area (Å²) in [6.07, 6.45) is 5.34. The van der Waals surface area contributed by atoms with Gasteiger partial charge in [-0.25, -0.2) is 4.79 Å². The number of hydrogen-bond acceptors (Lipinski definition) is 4. The second-order valence-corrected chi connectivity index (χ2v) is 7.00.